The van der Waals surface area contributed by atoms with Crippen LogP contribution < -0.4 is 10.5 Å². The zero-order valence-electron chi connectivity index (χ0n) is 11.0. The highest BCUT2D eigenvalue weighted by atomic mass is 16.5. The van der Waals surface area contributed by atoms with Gasteiger partial charge in [0, 0.05) is 6.61 Å². The van der Waals surface area contributed by atoms with Crippen molar-refractivity contribution in [1.29, 1.82) is 0 Å². The lowest BCUT2D eigenvalue weighted by Gasteiger charge is -2.06. The van der Waals surface area contributed by atoms with E-state index in [4.69, 9.17) is 19.9 Å². The number of hydrogen-bond acceptors (Lipinski definition) is 4. The number of hydrogen-bond donors (Lipinski definition) is 1. The van der Waals surface area contributed by atoms with Crippen molar-refractivity contribution >= 4 is 5.91 Å². The van der Waals surface area contributed by atoms with Crippen molar-refractivity contribution in [1.82, 2.24) is 0 Å². The van der Waals surface area contributed by atoms with Gasteiger partial charge in [0.15, 0.2) is 0 Å². The lowest BCUT2D eigenvalue weighted by Crippen LogP contribution is -2.19. The Morgan fingerprint density at radius 1 is 0.947 bits per heavy atom. The largest absolute Gasteiger partial charge is 0.494 e. The van der Waals surface area contributed by atoms with E-state index in [1.165, 1.54) is 0 Å². The van der Waals surface area contributed by atoms with Crippen LogP contribution in [-0.4, -0.2) is 38.9 Å². The summed E-state index contributed by atoms with van der Waals surface area (Å²) in [6, 6.07) is 9.73. The van der Waals surface area contributed by atoms with Gasteiger partial charge >= 0.3 is 0 Å². The second-order valence-corrected chi connectivity index (χ2v) is 4.00. The van der Waals surface area contributed by atoms with Crippen LogP contribution in [0.5, 0.6) is 5.75 Å². The molecule has 0 aliphatic carbocycles. The van der Waals surface area contributed by atoms with E-state index in [9.17, 15) is 4.79 Å². The smallest absolute Gasteiger partial charge is 0.243 e. The van der Waals surface area contributed by atoms with Crippen molar-refractivity contribution in [2.45, 2.75) is 12.8 Å². The van der Waals surface area contributed by atoms with Crippen molar-refractivity contribution in [3.8, 4) is 5.75 Å². The van der Waals surface area contributed by atoms with E-state index in [0.717, 1.165) is 18.6 Å². The van der Waals surface area contributed by atoms with Gasteiger partial charge in [0.05, 0.1) is 19.8 Å². The monoisotopic (exact) mass is 267 g/mol. The Morgan fingerprint density at radius 2 is 1.63 bits per heavy atom. The minimum absolute atomic E-state index is 0.0473. The number of unbranched alkanes of at least 4 members (excludes halogenated alkanes) is 1. The van der Waals surface area contributed by atoms with Crippen LogP contribution in [0.3, 0.4) is 0 Å². The lowest BCUT2D eigenvalue weighted by atomic mass is 10.3. The highest BCUT2D eigenvalue weighted by Crippen LogP contribution is 2.08. The predicted molar refractivity (Wildman–Crippen MR) is 72.0 cm³/mol. The third-order valence-electron chi connectivity index (χ3n) is 2.31. The Balaban J connectivity index is 1.83. The Morgan fingerprint density at radius 3 is 2.37 bits per heavy atom. The molecule has 0 saturated heterocycles. The molecule has 1 rings (SSSR count). The lowest BCUT2D eigenvalue weighted by molar-refractivity contribution is -0.123. The highest BCUT2D eigenvalue weighted by Gasteiger charge is 1.95. The van der Waals surface area contributed by atoms with Crippen LogP contribution in [0.15, 0.2) is 30.3 Å². The third-order valence-corrected chi connectivity index (χ3v) is 2.31. The average molecular weight is 267 g/mol. The molecule has 0 heterocycles. The molecule has 0 atom stereocenters. The SMILES string of the molecule is NC(=O)COCCOCCCCOc1ccccc1. The standard InChI is InChI=1S/C14H21NO4/c15-14(16)12-18-11-10-17-8-4-5-9-19-13-6-2-1-3-7-13/h1-3,6-7H,4-5,8-12H2,(H2,15,16). The van der Waals surface area contributed by atoms with Crippen LogP contribution in [-0.2, 0) is 14.3 Å². The van der Waals surface area contributed by atoms with Crippen LogP contribution in [0.25, 0.3) is 0 Å². The molecule has 106 valence electrons. The van der Waals surface area contributed by atoms with Crippen molar-refractivity contribution in [3.63, 3.8) is 0 Å². The summed E-state index contributed by atoms with van der Waals surface area (Å²) in [5.41, 5.74) is 4.92. The second kappa shape index (κ2) is 10.3. The maximum atomic E-state index is 10.4. The first kappa shape index (κ1) is 15.5. The number of rotatable bonds is 11. The van der Waals surface area contributed by atoms with Crippen molar-refractivity contribution in [2.24, 2.45) is 5.73 Å². The molecule has 19 heavy (non-hydrogen) atoms. The number of para-hydroxylation sites is 1. The minimum Gasteiger partial charge on any atom is -0.494 e. The van der Waals surface area contributed by atoms with Gasteiger partial charge in [-0.25, -0.2) is 0 Å². The van der Waals surface area contributed by atoms with Crippen LogP contribution >= 0.6 is 0 Å². The molecule has 0 bridgehead atoms. The molecule has 0 radical (unpaired) electrons. The first-order valence-electron chi connectivity index (χ1n) is 6.40. The molecule has 0 aliphatic heterocycles. The molecule has 1 aromatic rings. The molecule has 0 aliphatic rings. The van der Waals surface area contributed by atoms with Crippen LogP contribution in [0.1, 0.15) is 12.8 Å². The van der Waals surface area contributed by atoms with Gasteiger partial charge < -0.3 is 19.9 Å². The zero-order valence-corrected chi connectivity index (χ0v) is 11.0. The molecule has 1 aromatic carbocycles. The second-order valence-electron chi connectivity index (χ2n) is 4.00. The van der Waals surface area contributed by atoms with E-state index in [0.29, 0.717) is 26.4 Å². The minimum atomic E-state index is -0.460. The van der Waals surface area contributed by atoms with Gasteiger partial charge in [-0.15, -0.1) is 0 Å². The summed E-state index contributed by atoms with van der Waals surface area (Å²) in [6.45, 7) is 2.17. The van der Waals surface area contributed by atoms with Crippen molar-refractivity contribution in [2.75, 3.05) is 33.0 Å². The van der Waals surface area contributed by atoms with E-state index < -0.39 is 5.91 Å². The summed E-state index contributed by atoms with van der Waals surface area (Å²) in [7, 11) is 0. The molecule has 2 N–H and O–H groups in total. The number of benzene rings is 1. The fourth-order valence-corrected chi connectivity index (χ4v) is 1.41. The number of carbonyl (C=O) groups is 1. The summed E-state index contributed by atoms with van der Waals surface area (Å²) in [5, 5.41) is 0. The number of carbonyl (C=O) groups excluding carboxylic acids is 1. The van der Waals surface area contributed by atoms with Crippen LogP contribution in [0.4, 0.5) is 0 Å². The quantitative estimate of drug-likeness (QED) is 0.615. The van der Waals surface area contributed by atoms with Crippen LogP contribution in [0, 0.1) is 0 Å². The normalized spacial score (nSPS) is 10.3. The summed E-state index contributed by atoms with van der Waals surface area (Å²) in [6.07, 6.45) is 1.87. The van der Waals surface area contributed by atoms with Gasteiger partial charge in [-0.3, -0.25) is 4.79 Å². The fourth-order valence-electron chi connectivity index (χ4n) is 1.41. The first-order chi connectivity index (χ1) is 9.29. The molecule has 0 saturated carbocycles. The summed E-state index contributed by atoms with van der Waals surface area (Å²) >= 11 is 0. The Bertz CT molecular complexity index is 343. The van der Waals surface area contributed by atoms with E-state index in [1.54, 1.807) is 0 Å². The van der Waals surface area contributed by atoms with Crippen molar-refractivity contribution in [3.05, 3.63) is 30.3 Å². The number of primary amides is 1. The first-order valence-corrected chi connectivity index (χ1v) is 6.40. The molecule has 0 unspecified atom stereocenters. The topological polar surface area (TPSA) is 70.8 Å². The number of amides is 1. The Kier molecular flexibility index (Phi) is 8.42. The third kappa shape index (κ3) is 9.04. The molecule has 5 heteroatoms. The van der Waals surface area contributed by atoms with Crippen molar-refractivity contribution < 1.29 is 19.0 Å². The van der Waals surface area contributed by atoms with Gasteiger partial charge in [-0.1, -0.05) is 18.2 Å². The molecule has 1 amide bonds. The van der Waals surface area contributed by atoms with E-state index in [2.05, 4.69) is 0 Å². The predicted octanol–water partition coefficient (Wildman–Crippen LogP) is 1.36. The Labute approximate surface area is 113 Å². The van der Waals surface area contributed by atoms with Gasteiger partial charge in [0.1, 0.15) is 12.4 Å². The van der Waals surface area contributed by atoms with E-state index in [-0.39, 0.29) is 6.61 Å². The van der Waals surface area contributed by atoms with Gasteiger partial charge in [0.2, 0.25) is 5.91 Å². The highest BCUT2D eigenvalue weighted by molar-refractivity contribution is 5.74. The summed E-state index contributed by atoms with van der Waals surface area (Å²) < 4.78 is 15.8. The summed E-state index contributed by atoms with van der Waals surface area (Å²) in [5.74, 6) is 0.432. The van der Waals surface area contributed by atoms with Crippen LogP contribution in [0.2, 0.25) is 0 Å². The van der Waals surface area contributed by atoms with Gasteiger partial charge in [-0.05, 0) is 25.0 Å². The number of ether oxygens (including phenoxy) is 3. The fraction of sp³-hybridized carbons (Fsp3) is 0.500. The molecule has 5 nitrogen and oxygen atoms in total. The van der Waals surface area contributed by atoms with Gasteiger partial charge in [0.25, 0.3) is 0 Å². The molecule has 0 aromatic heterocycles. The van der Waals surface area contributed by atoms with E-state index in [1.807, 2.05) is 30.3 Å². The summed E-state index contributed by atoms with van der Waals surface area (Å²) in [4.78, 5) is 10.4. The maximum absolute atomic E-state index is 10.4. The average Bonchev–Trinajstić information content (AvgIpc) is 2.42. The maximum Gasteiger partial charge on any atom is 0.243 e. The molecule has 0 fully saturated rings. The van der Waals surface area contributed by atoms with E-state index >= 15 is 0 Å². The van der Waals surface area contributed by atoms with Gasteiger partial charge in [-0.2, -0.15) is 0 Å². The Hall–Kier alpha value is -1.59. The number of nitrogens with two attached hydrogens (primary N) is 1. The molecular weight excluding hydrogens is 246 g/mol. The zero-order chi connectivity index (χ0) is 13.8. The molecular formula is C14H21NO4. The molecule has 0 spiro atoms.